The van der Waals surface area contributed by atoms with E-state index in [-0.39, 0.29) is 16.8 Å². The fraction of sp³-hybridized carbons (Fsp3) is 0.200. The number of benzene rings is 1. The largest absolute Gasteiger partial charge is 0.331 e. The average Bonchev–Trinajstić information content (AvgIpc) is 3.01. The molecule has 1 amide bonds. The Morgan fingerprint density at radius 1 is 1.18 bits per heavy atom. The Morgan fingerprint density at radius 2 is 1.95 bits per heavy atom. The molecule has 0 radical (unpaired) electrons. The number of aryl methyl sites for hydroxylation is 1. The van der Waals surface area contributed by atoms with Crippen molar-refractivity contribution in [1.29, 1.82) is 0 Å². The maximum Gasteiger partial charge on any atom is 0.238 e. The summed E-state index contributed by atoms with van der Waals surface area (Å²) in [6, 6.07) is 9.84. The van der Waals surface area contributed by atoms with Gasteiger partial charge in [-0.15, -0.1) is 11.3 Å². The molecule has 0 unspecified atom stereocenters. The smallest absolute Gasteiger partial charge is 0.238 e. The molecule has 0 saturated heterocycles. The molecular formula is C15H16FN3OS2. The maximum atomic E-state index is 12.8. The van der Waals surface area contributed by atoms with E-state index in [1.54, 1.807) is 23.5 Å². The first-order valence-electron chi connectivity index (χ1n) is 6.77. The second-order valence-corrected chi connectivity index (χ2v) is 6.01. The minimum Gasteiger partial charge on any atom is -0.331 e. The van der Waals surface area contributed by atoms with Gasteiger partial charge in [0.15, 0.2) is 5.11 Å². The van der Waals surface area contributed by atoms with Crippen LogP contribution in [0.5, 0.6) is 0 Å². The van der Waals surface area contributed by atoms with Crippen LogP contribution in [0, 0.1) is 5.82 Å². The van der Waals surface area contributed by atoms with Crippen molar-refractivity contribution in [2.24, 2.45) is 0 Å². The van der Waals surface area contributed by atoms with Crippen LogP contribution in [0.25, 0.3) is 0 Å². The molecule has 0 bridgehead atoms. The van der Waals surface area contributed by atoms with Gasteiger partial charge >= 0.3 is 0 Å². The number of thiophene rings is 1. The van der Waals surface area contributed by atoms with E-state index in [9.17, 15) is 9.18 Å². The van der Waals surface area contributed by atoms with Crippen LogP contribution in [-0.4, -0.2) is 11.0 Å². The number of nitrogens with one attached hydrogen (secondary N) is 3. The van der Waals surface area contributed by atoms with Crippen LogP contribution in [0.1, 0.15) is 17.7 Å². The van der Waals surface area contributed by atoms with Crippen LogP contribution in [0.2, 0.25) is 0 Å². The molecule has 1 heterocycles. The van der Waals surface area contributed by atoms with E-state index < -0.39 is 0 Å². The lowest BCUT2D eigenvalue weighted by Crippen LogP contribution is -2.43. The van der Waals surface area contributed by atoms with Crippen molar-refractivity contribution in [1.82, 2.24) is 10.9 Å². The summed E-state index contributed by atoms with van der Waals surface area (Å²) in [5.41, 5.74) is 5.79. The van der Waals surface area contributed by atoms with Crippen molar-refractivity contribution in [2.75, 3.05) is 5.32 Å². The van der Waals surface area contributed by atoms with Crippen LogP contribution in [0.15, 0.2) is 41.8 Å². The molecule has 0 spiro atoms. The number of hydrogen-bond acceptors (Lipinski definition) is 3. The van der Waals surface area contributed by atoms with Crippen LogP contribution in [0.4, 0.5) is 10.1 Å². The number of hydrogen-bond donors (Lipinski definition) is 3. The summed E-state index contributed by atoms with van der Waals surface area (Å²) in [5, 5.41) is 5.12. The summed E-state index contributed by atoms with van der Waals surface area (Å²) in [6.07, 6.45) is 2.10. The van der Waals surface area contributed by atoms with Gasteiger partial charge in [-0.1, -0.05) is 6.07 Å². The second kappa shape index (κ2) is 8.45. The van der Waals surface area contributed by atoms with E-state index in [0.717, 1.165) is 12.8 Å². The number of amides is 1. The normalized spacial score (nSPS) is 10.0. The number of rotatable bonds is 5. The second-order valence-electron chi connectivity index (χ2n) is 4.57. The third-order valence-corrected chi connectivity index (χ3v) is 3.96. The number of carbonyl (C=O) groups is 1. The lowest BCUT2D eigenvalue weighted by Gasteiger charge is -2.11. The van der Waals surface area contributed by atoms with Gasteiger partial charge in [-0.3, -0.25) is 15.6 Å². The molecule has 116 valence electrons. The van der Waals surface area contributed by atoms with Crippen LogP contribution < -0.4 is 16.2 Å². The van der Waals surface area contributed by atoms with Crippen molar-refractivity contribution in [3.8, 4) is 0 Å². The molecule has 3 N–H and O–H groups in total. The Morgan fingerprint density at radius 3 is 2.64 bits per heavy atom. The van der Waals surface area contributed by atoms with Crippen LogP contribution >= 0.6 is 23.6 Å². The van der Waals surface area contributed by atoms with Gasteiger partial charge in [0, 0.05) is 17.0 Å². The summed E-state index contributed by atoms with van der Waals surface area (Å²) in [4.78, 5) is 12.9. The molecule has 1 aromatic heterocycles. The molecule has 0 aliphatic heterocycles. The molecule has 0 aliphatic rings. The van der Waals surface area contributed by atoms with E-state index >= 15 is 0 Å². The lowest BCUT2D eigenvalue weighted by atomic mass is 10.2. The Labute approximate surface area is 137 Å². The molecule has 1 aromatic carbocycles. The quantitative estimate of drug-likeness (QED) is 0.579. The summed E-state index contributed by atoms with van der Waals surface area (Å²) >= 11 is 6.73. The van der Waals surface area contributed by atoms with Crippen molar-refractivity contribution in [3.63, 3.8) is 0 Å². The van der Waals surface area contributed by atoms with Gasteiger partial charge in [0.25, 0.3) is 0 Å². The zero-order valence-corrected chi connectivity index (χ0v) is 13.4. The van der Waals surface area contributed by atoms with E-state index in [2.05, 4.69) is 22.2 Å². The Bertz CT molecular complexity index is 614. The Balaban J connectivity index is 1.63. The topological polar surface area (TPSA) is 53.2 Å². The van der Waals surface area contributed by atoms with Gasteiger partial charge < -0.3 is 5.32 Å². The molecule has 7 heteroatoms. The molecule has 0 aliphatic carbocycles. The van der Waals surface area contributed by atoms with Gasteiger partial charge in [0.1, 0.15) is 5.82 Å². The van der Waals surface area contributed by atoms with Crippen molar-refractivity contribution < 1.29 is 9.18 Å². The number of halogens is 1. The van der Waals surface area contributed by atoms with E-state index in [1.165, 1.54) is 17.0 Å². The molecule has 0 saturated carbocycles. The van der Waals surface area contributed by atoms with Crippen LogP contribution in [-0.2, 0) is 11.2 Å². The van der Waals surface area contributed by atoms with Gasteiger partial charge in [-0.2, -0.15) is 0 Å². The first kappa shape index (κ1) is 16.4. The van der Waals surface area contributed by atoms with Gasteiger partial charge in [0.2, 0.25) is 5.91 Å². The molecule has 22 heavy (non-hydrogen) atoms. The first-order chi connectivity index (χ1) is 10.6. The highest BCUT2D eigenvalue weighted by atomic mass is 32.1. The third kappa shape index (κ3) is 5.79. The van der Waals surface area contributed by atoms with Gasteiger partial charge in [-0.05, 0) is 60.8 Å². The zero-order chi connectivity index (χ0) is 15.8. The standard InChI is InChI=1S/C15H16FN3OS2/c16-11-6-8-12(9-7-11)17-15(21)19-18-14(20)5-1-3-13-4-2-10-22-13/h2,4,6-10H,1,3,5H2,(H,18,20)(H2,17,19,21). The summed E-state index contributed by atoms with van der Waals surface area (Å²) < 4.78 is 12.8. The fourth-order valence-electron chi connectivity index (χ4n) is 1.76. The lowest BCUT2D eigenvalue weighted by molar-refractivity contribution is -0.121. The predicted octanol–water partition coefficient (Wildman–Crippen LogP) is 3.23. The molecule has 0 atom stereocenters. The summed E-state index contributed by atoms with van der Waals surface area (Å²) in [5.74, 6) is -0.441. The molecule has 2 rings (SSSR count). The predicted molar refractivity (Wildman–Crippen MR) is 91.2 cm³/mol. The maximum absolute atomic E-state index is 12.8. The highest BCUT2D eigenvalue weighted by Gasteiger charge is 2.03. The van der Waals surface area contributed by atoms with Crippen molar-refractivity contribution in [3.05, 3.63) is 52.5 Å². The summed E-state index contributed by atoms with van der Waals surface area (Å²) in [6.45, 7) is 0. The van der Waals surface area contributed by atoms with E-state index in [0.29, 0.717) is 12.1 Å². The highest BCUT2D eigenvalue weighted by molar-refractivity contribution is 7.80. The molecule has 2 aromatic rings. The van der Waals surface area contributed by atoms with Gasteiger partial charge in [0.05, 0.1) is 0 Å². The van der Waals surface area contributed by atoms with E-state index in [4.69, 9.17) is 12.2 Å². The molecular weight excluding hydrogens is 321 g/mol. The summed E-state index contributed by atoms with van der Waals surface area (Å²) in [7, 11) is 0. The molecule has 0 fully saturated rings. The van der Waals surface area contributed by atoms with Crippen LogP contribution in [0.3, 0.4) is 0 Å². The number of hydrazine groups is 1. The molecule has 4 nitrogen and oxygen atoms in total. The van der Waals surface area contributed by atoms with E-state index in [1.807, 2.05) is 11.4 Å². The minimum absolute atomic E-state index is 0.125. The third-order valence-electron chi connectivity index (χ3n) is 2.82. The highest BCUT2D eigenvalue weighted by Crippen LogP contribution is 2.11. The van der Waals surface area contributed by atoms with Gasteiger partial charge in [-0.25, -0.2) is 4.39 Å². The Hall–Kier alpha value is -1.99. The number of thiocarbonyl (C=S) groups is 1. The first-order valence-corrected chi connectivity index (χ1v) is 8.06. The Kier molecular flexibility index (Phi) is 6.29. The number of carbonyl (C=O) groups excluding carboxylic acids is 1. The fourth-order valence-corrected chi connectivity index (χ4v) is 2.68. The van der Waals surface area contributed by atoms with Crippen molar-refractivity contribution >= 4 is 40.3 Å². The number of anilines is 1. The zero-order valence-electron chi connectivity index (χ0n) is 11.8. The average molecular weight is 337 g/mol. The monoisotopic (exact) mass is 337 g/mol. The van der Waals surface area contributed by atoms with Crippen molar-refractivity contribution in [2.45, 2.75) is 19.3 Å². The minimum atomic E-state index is -0.316. The SMILES string of the molecule is O=C(CCCc1cccs1)NNC(=S)Nc1ccc(F)cc1.